The van der Waals surface area contributed by atoms with E-state index in [2.05, 4.69) is 16.9 Å². The number of carbonyl (C=O) groups is 3. The van der Waals surface area contributed by atoms with Crippen molar-refractivity contribution in [3.63, 3.8) is 0 Å². The number of para-hydroxylation sites is 2. The number of fused-ring (bicyclic) bond motifs is 1. The number of rotatable bonds is 10. The number of β-lactam (4-membered cyclic amide) rings is 1. The van der Waals surface area contributed by atoms with Crippen molar-refractivity contribution in [1.82, 2.24) is 15.2 Å². The van der Waals surface area contributed by atoms with E-state index in [0.29, 0.717) is 11.3 Å². The van der Waals surface area contributed by atoms with Crippen molar-refractivity contribution >= 4 is 60.9 Å². The first-order chi connectivity index (χ1) is 16.8. The Bertz CT molecular complexity index is 1270. The number of likely N-dealkylation sites (tertiary alicyclic amines) is 1. The van der Waals surface area contributed by atoms with Crippen LogP contribution in [0.15, 0.2) is 65.0 Å². The van der Waals surface area contributed by atoms with Crippen LogP contribution in [0.25, 0.3) is 10.2 Å². The van der Waals surface area contributed by atoms with Crippen LogP contribution in [-0.2, 0) is 14.4 Å². The van der Waals surface area contributed by atoms with Crippen molar-refractivity contribution < 1.29 is 24.2 Å². The minimum atomic E-state index is -1.19. The third-order valence-corrected chi connectivity index (χ3v) is 9.32. The lowest BCUT2D eigenvalue weighted by atomic mass is 9.99. The van der Waals surface area contributed by atoms with Gasteiger partial charge in [0.05, 0.1) is 10.2 Å². The molecule has 1 fully saturated rings. The Morgan fingerprint density at radius 2 is 2.00 bits per heavy atom. The number of carboxylic acids is 1. The first-order valence-electron chi connectivity index (χ1n) is 10.6. The second kappa shape index (κ2) is 10.7. The van der Waals surface area contributed by atoms with Gasteiger partial charge in [0.2, 0.25) is 5.91 Å². The van der Waals surface area contributed by atoms with Gasteiger partial charge < -0.3 is 20.1 Å². The topological polar surface area (TPSA) is 109 Å². The quantitative estimate of drug-likeness (QED) is 0.230. The first-order valence-corrected chi connectivity index (χ1v) is 13.7. The van der Waals surface area contributed by atoms with Gasteiger partial charge in [-0.2, -0.15) is 0 Å². The Hall–Kier alpha value is -3.02. The predicted molar refractivity (Wildman–Crippen MR) is 139 cm³/mol. The molecular formula is C24H23N3O5S3. The van der Waals surface area contributed by atoms with E-state index in [1.807, 2.05) is 31.2 Å². The number of carbonyl (C=O) groups excluding carboxylic acids is 2. The first kappa shape index (κ1) is 25.1. The minimum Gasteiger partial charge on any atom is -0.484 e. The molecule has 0 saturated carbocycles. The van der Waals surface area contributed by atoms with E-state index < -0.39 is 35.2 Å². The number of hydrogen-bond donors (Lipinski definition) is 2. The van der Waals surface area contributed by atoms with Crippen LogP contribution in [0.4, 0.5) is 0 Å². The SMILES string of the molecule is C=C(C)C(C(=O)O)N1C(=O)C(NC(=O)COc2ccccc2)C1SSc1nc2c(C)cccc2s1. The van der Waals surface area contributed by atoms with Crippen LogP contribution in [0, 0.1) is 6.92 Å². The number of nitrogens with zero attached hydrogens (tertiary/aromatic N) is 2. The van der Waals surface area contributed by atoms with Crippen LogP contribution in [0.2, 0.25) is 0 Å². The summed E-state index contributed by atoms with van der Waals surface area (Å²) >= 11 is 1.52. The molecule has 4 rings (SSSR count). The number of hydrogen-bond acceptors (Lipinski definition) is 8. The van der Waals surface area contributed by atoms with Crippen LogP contribution in [0.1, 0.15) is 12.5 Å². The Balaban J connectivity index is 1.48. The summed E-state index contributed by atoms with van der Waals surface area (Å²) in [6, 6.07) is 12.7. The third kappa shape index (κ3) is 5.47. The van der Waals surface area contributed by atoms with Gasteiger partial charge >= 0.3 is 5.97 Å². The molecule has 3 aromatic rings. The van der Waals surface area contributed by atoms with Gasteiger partial charge in [-0.05, 0) is 54.0 Å². The highest BCUT2D eigenvalue weighted by molar-refractivity contribution is 8.77. The summed E-state index contributed by atoms with van der Waals surface area (Å²) in [7, 11) is 2.64. The van der Waals surface area contributed by atoms with E-state index in [1.54, 1.807) is 31.2 Å². The number of benzene rings is 2. The van der Waals surface area contributed by atoms with Gasteiger partial charge in [0.25, 0.3) is 5.91 Å². The van der Waals surface area contributed by atoms with E-state index in [9.17, 15) is 19.5 Å². The maximum atomic E-state index is 13.0. The van der Waals surface area contributed by atoms with Gasteiger partial charge in [-0.25, -0.2) is 9.78 Å². The summed E-state index contributed by atoms with van der Waals surface area (Å²) in [5.74, 6) is -1.59. The summed E-state index contributed by atoms with van der Waals surface area (Å²) in [6.07, 6.45) is 0. The molecule has 0 spiro atoms. The van der Waals surface area contributed by atoms with Gasteiger partial charge in [-0.1, -0.05) is 47.7 Å². The van der Waals surface area contributed by atoms with Crippen LogP contribution in [0.5, 0.6) is 5.75 Å². The second-order valence-electron chi connectivity index (χ2n) is 7.95. The molecule has 3 atom stereocenters. The highest BCUT2D eigenvalue weighted by Gasteiger charge is 2.54. The van der Waals surface area contributed by atoms with Crippen molar-refractivity contribution in [2.75, 3.05) is 6.61 Å². The zero-order valence-electron chi connectivity index (χ0n) is 19.0. The summed E-state index contributed by atoms with van der Waals surface area (Å²) < 4.78 is 7.29. The highest BCUT2D eigenvalue weighted by Crippen LogP contribution is 2.45. The molecule has 2 N–H and O–H groups in total. The molecule has 1 aliphatic heterocycles. The number of amides is 2. The molecule has 2 heterocycles. The van der Waals surface area contributed by atoms with Gasteiger partial charge in [0, 0.05) is 0 Å². The molecule has 1 aliphatic rings. The maximum absolute atomic E-state index is 13.0. The van der Waals surface area contributed by atoms with Crippen molar-refractivity contribution in [2.45, 2.75) is 35.6 Å². The molecule has 8 nitrogen and oxygen atoms in total. The number of aromatic nitrogens is 1. The Kier molecular flexibility index (Phi) is 7.68. The number of carboxylic acid groups (broad SMARTS) is 1. The lowest BCUT2D eigenvalue weighted by molar-refractivity contribution is -0.159. The molecule has 0 bridgehead atoms. The fourth-order valence-corrected chi connectivity index (χ4v) is 7.66. The average molecular weight is 530 g/mol. The highest BCUT2D eigenvalue weighted by atomic mass is 33.1. The van der Waals surface area contributed by atoms with E-state index in [-0.39, 0.29) is 6.61 Å². The standard InChI is InChI=1S/C24H23N3O5S3/c1-13(2)20(23(30)31)27-21(29)19(25-17(28)12-32-15-9-5-4-6-10-15)22(27)34-35-24-26-18-14(3)8-7-11-16(18)33-24/h4-11,19-20,22H,1,12H2,2-3H3,(H,25,28)(H,30,31). The number of aliphatic carboxylic acids is 1. The van der Waals surface area contributed by atoms with Gasteiger partial charge in [0.1, 0.15) is 17.2 Å². The van der Waals surface area contributed by atoms with Crippen LogP contribution >= 0.6 is 32.9 Å². The van der Waals surface area contributed by atoms with Gasteiger partial charge in [-0.15, -0.1) is 11.3 Å². The molecule has 11 heteroatoms. The van der Waals surface area contributed by atoms with Crippen molar-refractivity contribution in [3.8, 4) is 5.75 Å². The van der Waals surface area contributed by atoms with E-state index in [4.69, 9.17) is 4.74 Å². The number of thiazole rings is 1. The summed E-state index contributed by atoms with van der Waals surface area (Å²) in [5.41, 5.74) is 2.30. The fraction of sp³-hybridized carbons (Fsp3) is 0.250. The van der Waals surface area contributed by atoms with E-state index in [0.717, 1.165) is 20.1 Å². The molecule has 35 heavy (non-hydrogen) atoms. The predicted octanol–water partition coefficient (Wildman–Crippen LogP) is 4.11. The van der Waals surface area contributed by atoms with Crippen LogP contribution in [-0.4, -0.2) is 56.8 Å². The van der Waals surface area contributed by atoms with Crippen LogP contribution in [0.3, 0.4) is 0 Å². The lowest BCUT2D eigenvalue weighted by Gasteiger charge is -2.48. The van der Waals surface area contributed by atoms with Crippen molar-refractivity contribution in [1.29, 1.82) is 0 Å². The molecule has 1 aromatic heterocycles. The third-order valence-electron chi connectivity index (χ3n) is 5.31. The fourth-order valence-electron chi connectivity index (χ4n) is 3.64. The van der Waals surface area contributed by atoms with Gasteiger partial charge in [0.15, 0.2) is 17.0 Å². The van der Waals surface area contributed by atoms with Gasteiger partial charge in [-0.3, -0.25) is 9.59 Å². The lowest BCUT2D eigenvalue weighted by Crippen LogP contribution is -2.73. The Morgan fingerprint density at radius 3 is 2.66 bits per heavy atom. The Labute approximate surface area is 214 Å². The maximum Gasteiger partial charge on any atom is 0.330 e. The molecular weight excluding hydrogens is 506 g/mol. The number of ether oxygens (including phenoxy) is 1. The number of nitrogens with one attached hydrogen (secondary N) is 1. The Morgan fingerprint density at radius 1 is 1.26 bits per heavy atom. The zero-order chi connectivity index (χ0) is 25.1. The van der Waals surface area contributed by atoms with Crippen molar-refractivity contribution in [2.24, 2.45) is 0 Å². The van der Waals surface area contributed by atoms with Crippen LogP contribution < -0.4 is 10.1 Å². The molecule has 182 valence electrons. The average Bonchev–Trinajstić information content (AvgIpc) is 3.25. The molecule has 3 unspecified atom stereocenters. The summed E-state index contributed by atoms with van der Waals surface area (Å²) in [4.78, 5) is 43.3. The molecule has 2 aromatic carbocycles. The molecule has 2 amide bonds. The van der Waals surface area contributed by atoms with E-state index in [1.165, 1.54) is 37.8 Å². The molecule has 0 radical (unpaired) electrons. The van der Waals surface area contributed by atoms with E-state index >= 15 is 0 Å². The second-order valence-corrected chi connectivity index (χ2v) is 11.5. The van der Waals surface area contributed by atoms with Crippen molar-refractivity contribution in [3.05, 3.63) is 66.2 Å². The minimum absolute atomic E-state index is 0.266. The smallest absolute Gasteiger partial charge is 0.330 e. The normalized spacial score (nSPS) is 18.1. The summed E-state index contributed by atoms with van der Waals surface area (Å²) in [6.45, 7) is 7.04. The monoisotopic (exact) mass is 529 g/mol. The zero-order valence-corrected chi connectivity index (χ0v) is 21.4. The number of aryl methyl sites for hydroxylation is 1. The molecule has 1 saturated heterocycles. The summed E-state index contributed by atoms with van der Waals surface area (Å²) in [5, 5.41) is 11.8. The largest absolute Gasteiger partial charge is 0.484 e. The molecule has 0 aliphatic carbocycles.